The monoisotopic (exact) mass is 257 g/mol. The predicted molar refractivity (Wildman–Crippen MR) is 74.9 cm³/mol. The lowest BCUT2D eigenvalue weighted by Gasteiger charge is -2.02. The summed E-state index contributed by atoms with van der Waals surface area (Å²) in [7, 11) is 0. The molecule has 2 aromatic carbocycles. The van der Waals surface area contributed by atoms with E-state index in [9.17, 15) is 0 Å². The Morgan fingerprint density at radius 2 is 1.94 bits per heavy atom. The number of rotatable bonds is 3. The quantitative estimate of drug-likeness (QED) is 0.749. The second-order valence-electron chi connectivity index (χ2n) is 4.06. The highest BCUT2D eigenvalue weighted by atomic mass is 35.5. The van der Waals surface area contributed by atoms with Crippen molar-refractivity contribution >= 4 is 28.3 Å². The summed E-state index contributed by atoms with van der Waals surface area (Å²) in [5, 5.41) is 4.03. The van der Waals surface area contributed by atoms with Crippen molar-refractivity contribution < 1.29 is 0 Å². The fourth-order valence-electron chi connectivity index (χ4n) is 1.86. The maximum Gasteiger partial charge on any atom is 0.126 e. The van der Waals surface area contributed by atoms with Gasteiger partial charge in [0.25, 0.3) is 0 Å². The number of para-hydroxylation sites is 1. The van der Waals surface area contributed by atoms with Crippen LogP contribution in [0, 0.1) is 0 Å². The maximum absolute atomic E-state index is 5.94. The van der Waals surface area contributed by atoms with E-state index in [4.69, 9.17) is 11.6 Å². The standard InChI is InChI=1S/C14H12ClN3/c15-10-6-7-12-13(8-10)18-14(17-12)9-16-11-4-2-1-3-5-11/h1-8,16H,9H2,(H,17,18). The number of aromatic nitrogens is 2. The van der Waals surface area contributed by atoms with Crippen molar-refractivity contribution in [1.82, 2.24) is 9.97 Å². The SMILES string of the molecule is Clc1ccc2nc(CNc3ccccc3)[nH]c2c1. The lowest BCUT2D eigenvalue weighted by atomic mass is 10.3. The van der Waals surface area contributed by atoms with Gasteiger partial charge in [-0.2, -0.15) is 0 Å². The zero-order valence-corrected chi connectivity index (χ0v) is 10.4. The van der Waals surface area contributed by atoms with Gasteiger partial charge in [-0.1, -0.05) is 29.8 Å². The van der Waals surface area contributed by atoms with Crippen LogP contribution < -0.4 is 5.32 Å². The zero-order valence-electron chi connectivity index (χ0n) is 9.65. The number of hydrogen-bond donors (Lipinski definition) is 2. The number of halogens is 1. The molecular weight excluding hydrogens is 246 g/mol. The van der Waals surface area contributed by atoms with Crippen LogP contribution in [0.4, 0.5) is 5.69 Å². The Labute approximate surface area is 110 Å². The summed E-state index contributed by atoms with van der Waals surface area (Å²) in [4.78, 5) is 7.74. The van der Waals surface area contributed by atoms with E-state index in [0.29, 0.717) is 11.6 Å². The van der Waals surface area contributed by atoms with Gasteiger partial charge in [0.15, 0.2) is 0 Å². The molecule has 1 heterocycles. The van der Waals surface area contributed by atoms with Gasteiger partial charge in [0.1, 0.15) is 5.82 Å². The molecule has 90 valence electrons. The molecule has 0 fully saturated rings. The van der Waals surface area contributed by atoms with Crippen LogP contribution in [0.2, 0.25) is 5.02 Å². The number of aromatic amines is 1. The van der Waals surface area contributed by atoms with Crippen molar-refractivity contribution in [3.8, 4) is 0 Å². The normalized spacial score (nSPS) is 10.7. The Balaban J connectivity index is 1.79. The van der Waals surface area contributed by atoms with Crippen molar-refractivity contribution in [3.63, 3.8) is 0 Å². The summed E-state index contributed by atoms with van der Waals surface area (Å²) >= 11 is 5.94. The first-order valence-corrected chi connectivity index (χ1v) is 6.12. The van der Waals surface area contributed by atoms with Crippen LogP contribution in [0.25, 0.3) is 11.0 Å². The molecule has 0 saturated heterocycles. The third kappa shape index (κ3) is 2.31. The molecule has 0 atom stereocenters. The average molecular weight is 258 g/mol. The van der Waals surface area contributed by atoms with E-state index >= 15 is 0 Å². The maximum atomic E-state index is 5.94. The highest BCUT2D eigenvalue weighted by molar-refractivity contribution is 6.31. The fraction of sp³-hybridized carbons (Fsp3) is 0.0714. The van der Waals surface area contributed by atoms with E-state index in [-0.39, 0.29) is 0 Å². The van der Waals surface area contributed by atoms with Gasteiger partial charge in [-0.3, -0.25) is 0 Å². The number of hydrogen-bond acceptors (Lipinski definition) is 2. The molecule has 3 aromatic rings. The van der Waals surface area contributed by atoms with Crippen molar-refractivity contribution in [2.45, 2.75) is 6.54 Å². The zero-order chi connectivity index (χ0) is 12.4. The van der Waals surface area contributed by atoms with Gasteiger partial charge < -0.3 is 10.3 Å². The molecule has 0 amide bonds. The van der Waals surface area contributed by atoms with Crippen molar-refractivity contribution in [2.24, 2.45) is 0 Å². The van der Waals surface area contributed by atoms with Gasteiger partial charge in [0, 0.05) is 10.7 Å². The molecule has 0 radical (unpaired) electrons. The number of fused-ring (bicyclic) bond motifs is 1. The molecule has 1 aromatic heterocycles. The van der Waals surface area contributed by atoms with Gasteiger partial charge >= 0.3 is 0 Å². The highest BCUT2D eigenvalue weighted by Gasteiger charge is 2.02. The Bertz CT molecular complexity index is 661. The lowest BCUT2D eigenvalue weighted by molar-refractivity contribution is 1.01. The Morgan fingerprint density at radius 1 is 1.11 bits per heavy atom. The van der Waals surface area contributed by atoms with E-state index in [2.05, 4.69) is 15.3 Å². The Kier molecular flexibility index (Phi) is 2.90. The number of imidazole rings is 1. The molecule has 0 aliphatic heterocycles. The topological polar surface area (TPSA) is 40.7 Å². The second-order valence-corrected chi connectivity index (χ2v) is 4.50. The second kappa shape index (κ2) is 4.70. The Hall–Kier alpha value is -2.00. The molecule has 4 heteroatoms. The molecule has 0 bridgehead atoms. The van der Waals surface area contributed by atoms with Gasteiger partial charge in [-0.15, -0.1) is 0 Å². The molecule has 0 unspecified atom stereocenters. The fourth-order valence-corrected chi connectivity index (χ4v) is 2.03. The van der Waals surface area contributed by atoms with Gasteiger partial charge in [0.05, 0.1) is 17.6 Å². The minimum absolute atomic E-state index is 0.663. The predicted octanol–water partition coefficient (Wildman–Crippen LogP) is 3.83. The van der Waals surface area contributed by atoms with Crippen LogP contribution in [-0.4, -0.2) is 9.97 Å². The van der Waals surface area contributed by atoms with E-state index in [1.54, 1.807) is 0 Å². The minimum atomic E-state index is 0.663. The summed E-state index contributed by atoms with van der Waals surface area (Å²) in [6.07, 6.45) is 0. The Morgan fingerprint density at radius 3 is 2.78 bits per heavy atom. The summed E-state index contributed by atoms with van der Waals surface area (Å²) in [5.41, 5.74) is 2.98. The van der Waals surface area contributed by atoms with E-state index in [1.807, 2.05) is 48.5 Å². The van der Waals surface area contributed by atoms with Crippen LogP contribution in [0.1, 0.15) is 5.82 Å². The van der Waals surface area contributed by atoms with Crippen molar-refractivity contribution in [2.75, 3.05) is 5.32 Å². The first-order valence-electron chi connectivity index (χ1n) is 5.74. The molecule has 2 N–H and O–H groups in total. The number of H-pyrrole nitrogens is 1. The number of nitrogens with zero attached hydrogens (tertiary/aromatic N) is 1. The molecule has 0 aliphatic rings. The average Bonchev–Trinajstić information content (AvgIpc) is 2.79. The van der Waals surface area contributed by atoms with Gasteiger partial charge in [-0.25, -0.2) is 4.98 Å². The molecule has 0 aliphatic carbocycles. The number of nitrogens with one attached hydrogen (secondary N) is 2. The van der Waals surface area contributed by atoms with Crippen LogP contribution in [0.15, 0.2) is 48.5 Å². The van der Waals surface area contributed by atoms with E-state index in [0.717, 1.165) is 22.5 Å². The van der Waals surface area contributed by atoms with Gasteiger partial charge in [-0.05, 0) is 30.3 Å². The van der Waals surface area contributed by atoms with Gasteiger partial charge in [0.2, 0.25) is 0 Å². The summed E-state index contributed by atoms with van der Waals surface area (Å²) in [5.74, 6) is 0.899. The molecule has 18 heavy (non-hydrogen) atoms. The molecule has 0 saturated carbocycles. The van der Waals surface area contributed by atoms with Crippen LogP contribution in [0.3, 0.4) is 0 Å². The van der Waals surface area contributed by atoms with Crippen molar-refractivity contribution in [3.05, 3.63) is 59.4 Å². The van der Waals surface area contributed by atoms with E-state index in [1.165, 1.54) is 0 Å². The van der Waals surface area contributed by atoms with Crippen LogP contribution >= 0.6 is 11.6 Å². The largest absolute Gasteiger partial charge is 0.378 e. The minimum Gasteiger partial charge on any atom is -0.378 e. The summed E-state index contributed by atoms with van der Waals surface area (Å²) < 4.78 is 0. The van der Waals surface area contributed by atoms with Crippen LogP contribution in [-0.2, 0) is 6.54 Å². The van der Waals surface area contributed by atoms with Crippen molar-refractivity contribution in [1.29, 1.82) is 0 Å². The van der Waals surface area contributed by atoms with E-state index < -0.39 is 0 Å². The molecule has 3 nitrogen and oxygen atoms in total. The summed E-state index contributed by atoms with van der Waals surface area (Å²) in [6, 6.07) is 15.7. The van der Waals surface area contributed by atoms with Crippen LogP contribution in [0.5, 0.6) is 0 Å². The first kappa shape index (κ1) is 11.1. The third-order valence-electron chi connectivity index (χ3n) is 2.73. The highest BCUT2D eigenvalue weighted by Crippen LogP contribution is 2.17. The molecule has 3 rings (SSSR count). The summed E-state index contributed by atoms with van der Waals surface area (Å²) in [6.45, 7) is 0.663. The first-order chi connectivity index (χ1) is 8.81. The lowest BCUT2D eigenvalue weighted by Crippen LogP contribution is -2.00. The number of benzene rings is 2. The molecular formula is C14H12ClN3. The third-order valence-corrected chi connectivity index (χ3v) is 2.96. The smallest absolute Gasteiger partial charge is 0.126 e. The number of anilines is 1. The molecule has 0 spiro atoms.